The molecule has 0 atom stereocenters. The van der Waals surface area contributed by atoms with E-state index in [1.165, 1.54) is 12.8 Å². The lowest BCUT2D eigenvalue weighted by Gasteiger charge is -2.12. The predicted octanol–water partition coefficient (Wildman–Crippen LogP) is 4.42. The minimum absolute atomic E-state index is 0.116. The summed E-state index contributed by atoms with van der Waals surface area (Å²) in [6, 6.07) is 12.1. The Labute approximate surface area is 147 Å². The zero-order chi connectivity index (χ0) is 17.4. The Bertz CT molecular complexity index is 918. The normalized spacial score (nSPS) is 15.0. The molecule has 5 nitrogen and oxygen atoms in total. The third kappa shape index (κ3) is 2.90. The van der Waals surface area contributed by atoms with Gasteiger partial charge >= 0.3 is 0 Å². The number of carbonyl (C=O) groups is 1. The largest absolute Gasteiger partial charge is 0.322 e. The molecule has 4 rings (SSSR count). The summed E-state index contributed by atoms with van der Waals surface area (Å²) >= 11 is 0. The molecule has 1 fully saturated rings. The SMILES string of the molecule is Cc1cccc(C)c1NC(=O)c1ccc2c(c1)nnn2C1CCCC1. The molecule has 1 N–H and O–H groups in total. The van der Waals surface area contributed by atoms with E-state index in [0.29, 0.717) is 11.6 Å². The fraction of sp³-hybridized carbons (Fsp3) is 0.350. The van der Waals surface area contributed by atoms with Crippen LogP contribution in [0.15, 0.2) is 36.4 Å². The summed E-state index contributed by atoms with van der Waals surface area (Å²) in [5, 5.41) is 11.6. The van der Waals surface area contributed by atoms with Crippen molar-refractivity contribution < 1.29 is 4.79 Å². The fourth-order valence-corrected chi connectivity index (χ4v) is 3.70. The van der Waals surface area contributed by atoms with Crippen molar-refractivity contribution in [3.05, 3.63) is 53.1 Å². The van der Waals surface area contributed by atoms with E-state index in [4.69, 9.17) is 0 Å². The summed E-state index contributed by atoms with van der Waals surface area (Å²) in [6.07, 6.45) is 4.82. The van der Waals surface area contributed by atoms with Crippen molar-refractivity contribution in [2.75, 3.05) is 5.32 Å². The highest BCUT2D eigenvalue weighted by molar-refractivity contribution is 6.06. The minimum Gasteiger partial charge on any atom is -0.322 e. The van der Waals surface area contributed by atoms with Gasteiger partial charge in [0, 0.05) is 11.3 Å². The van der Waals surface area contributed by atoms with E-state index in [-0.39, 0.29) is 5.91 Å². The van der Waals surface area contributed by atoms with Crippen LogP contribution in [0, 0.1) is 13.8 Å². The maximum atomic E-state index is 12.7. The fourth-order valence-electron chi connectivity index (χ4n) is 3.70. The number of fused-ring (bicyclic) bond motifs is 1. The molecule has 5 heteroatoms. The molecule has 0 radical (unpaired) electrons. The van der Waals surface area contributed by atoms with Crippen LogP contribution < -0.4 is 5.32 Å². The molecule has 128 valence electrons. The van der Waals surface area contributed by atoms with Gasteiger partial charge in [0.25, 0.3) is 5.91 Å². The average Bonchev–Trinajstić information content (AvgIpc) is 3.26. The van der Waals surface area contributed by atoms with Gasteiger partial charge in [0.1, 0.15) is 5.52 Å². The molecular formula is C20H22N4O. The van der Waals surface area contributed by atoms with Crippen LogP contribution in [-0.2, 0) is 0 Å². The van der Waals surface area contributed by atoms with Crippen molar-refractivity contribution >= 4 is 22.6 Å². The summed E-state index contributed by atoms with van der Waals surface area (Å²) in [5.41, 5.74) is 5.38. The Kier molecular flexibility index (Phi) is 3.99. The molecule has 1 aliphatic carbocycles. The molecule has 1 heterocycles. The van der Waals surface area contributed by atoms with Crippen LogP contribution in [-0.4, -0.2) is 20.9 Å². The Morgan fingerprint density at radius 1 is 1.12 bits per heavy atom. The first kappa shape index (κ1) is 15.8. The van der Waals surface area contributed by atoms with Crippen LogP contribution >= 0.6 is 0 Å². The van der Waals surface area contributed by atoms with Gasteiger partial charge in [-0.15, -0.1) is 5.10 Å². The second kappa shape index (κ2) is 6.31. The quantitative estimate of drug-likeness (QED) is 0.771. The summed E-state index contributed by atoms with van der Waals surface area (Å²) in [4.78, 5) is 12.7. The number of nitrogens with zero attached hydrogens (tertiary/aromatic N) is 3. The third-order valence-electron chi connectivity index (χ3n) is 5.12. The monoisotopic (exact) mass is 334 g/mol. The van der Waals surface area contributed by atoms with E-state index in [9.17, 15) is 4.79 Å². The number of hydrogen-bond donors (Lipinski definition) is 1. The number of aryl methyl sites for hydroxylation is 2. The molecule has 1 saturated carbocycles. The molecule has 1 amide bonds. The average molecular weight is 334 g/mol. The highest BCUT2D eigenvalue weighted by Gasteiger charge is 2.20. The standard InChI is InChI=1S/C20H22N4O/c1-13-6-5-7-14(2)19(13)21-20(25)15-10-11-18-17(12-15)22-23-24(18)16-8-3-4-9-16/h5-7,10-12,16H,3-4,8-9H2,1-2H3,(H,21,25). The van der Waals surface area contributed by atoms with E-state index in [2.05, 4.69) is 15.6 Å². The number of hydrogen-bond acceptors (Lipinski definition) is 3. The van der Waals surface area contributed by atoms with Crippen LogP contribution in [0.4, 0.5) is 5.69 Å². The van der Waals surface area contributed by atoms with Gasteiger partial charge in [0.05, 0.1) is 11.6 Å². The smallest absolute Gasteiger partial charge is 0.255 e. The van der Waals surface area contributed by atoms with Crippen LogP contribution in [0.25, 0.3) is 11.0 Å². The topological polar surface area (TPSA) is 59.8 Å². The number of rotatable bonds is 3. The highest BCUT2D eigenvalue weighted by atomic mass is 16.1. The molecule has 0 aliphatic heterocycles. The Morgan fingerprint density at radius 2 is 1.84 bits per heavy atom. The van der Waals surface area contributed by atoms with Gasteiger partial charge in [0.2, 0.25) is 0 Å². The summed E-state index contributed by atoms with van der Waals surface area (Å²) in [6.45, 7) is 4.00. The zero-order valence-corrected chi connectivity index (χ0v) is 14.6. The first-order valence-electron chi connectivity index (χ1n) is 8.86. The molecule has 2 aromatic carbocycles. The van der Waals surface area contributed by atoms with Crippen molar-refractivity contribution in [1.82, 2.24) is 15.0 Å². The number of anilines is 1. The summed E-state index contributed by atoms with van der Waals surface area (Å²) in [5.74, 6) is -0.116. The second-order valence-corrected chi connectivity index (χ2v) is 6.90. The van der Waals surface area contributed by atoms with Gasteiger partial charge in [-0.05, 0) is 56.0 Å². The molecule has 0 saturated heterocycles. The van der Waals surface area contributed by atoms with Gasteiger partial charge in [0.15, 0.2) is 0 Å². The van der Waals surface area contributed by atoms with Crippen molar-refractivity contribution in [3.8, 4) is 0 Å². The Balaban J connectivity index is 1.62. The third-order valence-corrected chi connectivity index (χ3v) is 5.12. The molecule has 0 bridgehead atoms. The first-order valence-corrected chi connectivity index (χ1v) is 8.86. The highest BCUT2D eigenvalue weighted by Crippen LogP contribution is 2.31. The Hall–Kier alpha value is -2.69. The van der Waals surface area contributed by atoms with Gasteiger partial charge in [-0.1, -0.05) is 36.3 Å². The van der Waals surface area contributed by atoms with Gasteiger partial charge in [-0.3, -0.25) is 4.79 Å². The molecule has 0 spiro atoms. The van der Waals surface area contributed by atoms with Crippen molar-refractivity contribution in [1.29, 1.82) is 0 Å². The number of nitrogens with one attached hydrogen (secondary N) is 1. The van der Waals surface area contributed by atoms with Crippen LogP contribution in [0.5, 0.6) is 0 Å². The van der Waals surface area contributed by atoms with Gasteiger partial charge < -0.3 is 5.32 Å². The predicted molar refractivity (Wildman–Crippen MR) is 98.9 cm³/mol. The lowest BCUT2D eigenvalue weighted by atomic mass is 10.1. The zero-order valence-electron chi connectivity index (χ0n) is 14.6. The van der Waals surface area contributed by atoms with Crippen LogP contribution in [0.1, 0.15) is 53.2 Å². The number of para-hydroxylation sites is 1. The van der Waals surface area contributed by atoms with Crippen LogP contribution in [0.2, 0.25) is 0 Å². The molecule has 1 aromatic heterocycles. The number of aromatic nitrogens is 3. The van der Waals surface area contributed by atoms with Crippen LogP contribution in [0.3, 0.4) is 0 Å². The van der Waals surface area contributed by atoms with Crippen molar-refractivity contribution in [2.24, 2.45) is 0 Å². The number of amides is 1. The summed E-state index contributed by atoms with van der Waals surface area (Å²) in [7, 11) is 0. The van der Waals surface area contributed by atoms with Crippen molar-refractivity contribution in [3.63, 3.8) is 0 Å². The lowest BCUT2D eigenvalue weighted by Crippen LogP contribution is -2.13. The molecule has 25 heavy (non-hydrogen) atoms. The number of benzene rings is 2. The lowest BCUT2D eigenvalue weighted by molar-refractivity contribution is 0.102. The van der Waals surface area contributed by atoms with Gasteiger partial charge in [-0.25, -0.2) is 4.68 Å². The maximum Gasteiger partial charge on any atom is 0.255 e. The van der Waals surface area contributed by atoms with E-state index >= 15 is 0 Å². The minimum atomic E-state index is -0.116. The van der Waals surface area contributed by atoms with E-state index in [0.717, 1.165) is 40.7 Å². The second-order valence-electron chi connectivity index (χ2n) is 6.90. The van der Waals surface area contributed by atoms with E-state index in [1.54, 1.807) is 0 Å². The molecule has 3 aromatic rings. The number of carbonyl (C=O) groups excluding carboxylic acids is 1. The van der Waals surface area contributed by atoms with Crippen molar-refractivity contribution in [2.45, 2.75) is 45.6 Å². The summed E-state index contributed by atoms with van der Waals surface area (Å²) < 4.78 is 2.02. The molecule has 0 unspecified atom stereocenters. The maximum absolute atomic E-state index is 12.7. The van der Waals surface area contributed by atoms with E-state index < -0.39 is 0 Å². The Morgan fingerprint density at radius 3 is 2.56 bits per heavy atom. The first-order chi connectivity index (χ1) is 12.1. The van der Waals surface area contributed by atoms with E-state index in [1.807, 2.05) is 54.9 Å². The van der Waals surface area contributed by atoms with Gasteiger partial charge in [-0.2, -0.15) is 0 Å². The molecule has 1 aliphatic rings. The molecular weight excluding hydrogens is 312 g/mol.